The predicted octanol–water partition coefficient (Wildman–Crippen LogP) is 3.30. The van der Waals surface area contributed by atoms with Crippen LogP contribution in [0.15, 0.2) is 60.7 Å². The molecule has 0 N–H and O–H groups in total. The van der Waals surface area contributed by atoms with Gasteiger partial charge in [0.25, 0.3) is 0 Å². The second kappa shape index (κ2) is 6.65. The molecule has 2 aromatic rings. The Morgan fingerprint density at radius 2 is 1.50 bits per heavy atom. The van der Waals surface area contributed by atoms with Crippen molar-refractivity contribution in [3.63, 3.8) is 0 Å². The van der Waals surface area contributed by atoms with Gasteiger partial charge in [-0.05, 0) is 18.1 Å². The maximum atomic E-state index is 6.16. The quantitative estimate of drug-likeness (QED) is 0.816. The lowest BCUT2D eigenvalue weighted by Crippen LogP contribution is -2.49. The van der Waals surface area contributed by atoms with Gasteiger partial charge in [0.05, 0.1) is 19.8 Å². The first-order valence-corrected chi connectivity index (χ1v) is 8.37. The summed E-state index contributed by atoms with van der Waals surface area (Å²) in [4.78, 5) is 0. The third-order valence-corrected chi connectivity index (χ3v) is 4.66. The lowest BCUT2D eigenvalue weighted by atomic mass is 10.0. The Bertz CT molecular complexity index is 660. The van der Waals surface area contributed by atoms with Crippen LogP contribution in [-0.2, 0) is 32.2 Å². The predicted molar refractivity (Wildman–Crippen MR) is 89.3 cm³/mol. The molecule has 2 aliphatic heterocycles. The van der Waals surface area contributed by atoms with Crippen LogP contribution in [-0.4, -0.2) is 30.7 Å². The fourth-order valence-electron chi connectivity index (χ4n) is 3.39. The fraction of sp³-hybridized carbons (Fsp3) is 0.400. The van der Waals surface area contributed by atoms with Crippen molar-refractivity contribution in [3.05, 3.63) is 71.8 Å². The fourth-order valence-corrected chi connectivity index (χ4v) is 3.39. The molecule has 0 radical (unpaired) electrons. The number of rotatable bonds is 6. The second-order valence-electron chi connectivity index (χ2n) is 6.46. The van der Waals surface area contributed by atoms with Gasteiger partial charge in [-0.3, -0.25) is 0 Å². The van der Waals surface area contributed by atoms with E-state index in [0.717, 1.165) is 11.1 Å². The van der Waals surface area contributed by atoms with E-state index in [0.29, 0.717) is 19.8 Å². The van der Waals surface area contributed by atoms with Crippen molar-refractivity contribution in [2.75, 3.05) is 6.61 Å². The van der Waals surface area contributed by atoms with E-state index in [-0.39, 0.29) is 18.3 Å². The van der Waals surface area contributed by atoms with Crippen LogP contribution >= 0.6 is 0 Å². The zero-order valence-electron chi connectivity index (χ0n) is 13.8. The topological polar surface area (TPSA) is 36.9 Å². The first-order chi connectivity index (χ1) is 11.7. The van der Waals surface area contributed by atoms with Crippen molar-refractivity contribution in [2.45, 2.75) is 44.2 Å². The maximum absolute atomic E-state index is 6.16. The summed E-state index contributed by atoms with van der Waals surface area (Å²) in [6.45, 7) is 3.56. The Morgan fingerprint density at radius 3 is 2.12 bits per heavy atom. The van der Waals surface area contributed by atoms with Gasteiger partial charge in [-0.2, -0.15) is 0 Å². The maximum Gasteiger partial charge on any atom is 0.195 e. The average molecular weight is 326 g/mol. The first kappa shape index (κ1) is 15.8. The van der Waals surface area contributed by atoms with Crippen LogP contribution in [0.2, 0.25) is 0 Å². The van der Waals surface area contributed by atoms with Gasteiger partial charge in [-0.25, -0.2) is 0 Å². The van der Waals surface area contributed by atoms with Gasteiger partial charge in [0.2, 0.25) is 0 Å². The van der Waals surface area contributed by atoms with E-state index in [1.165, 1.54) is 0 Å². The normalized spacial score (nSPS) is 31.5. The largest absolute Gasteiger partial charge is 0.368 e. The zero-order chi connectivity index (χ0) is 16.4. The van der Waals surface area contributed by atoms with Crippen molar-refractivity contribution in [2.24, 2.45) is 0 Å². The van der Waals surface area contributed by atoms with E-state index in [2.05, 4.69) is 24.3 Å². The highest BCUT2D eigenvalue weighted by Gasteiger charge is 2.60. The first-order valence-electron chi connectivity index (χ1n) is 8.37. The molecule has 0 spiro atoms. The average Bonchev–Trinajstić information content (AvgIpc) is 3.13. The highest BCUT2D eigenvalue weighted by atomic mass is 16.8. The smallest absolute Gasteiger partial charge is 0.195 e. The molecule has 2 saturated heterocycles. The number of hydrogen-bond donors (Lipinski definition) is 0. The van der Waals surface area contributed by atoms with Gasteiger partial charge in [-0.1, -0.05) is 60.7 Å². The van der Waals surface area contributed by atoms with Gasteiger partial charge in [0.1, 0.15) is 18.3 Å². The molecule has 24 heavy (non-hydrogen) atoms. The summed E-state index contributed by atoms with van der Waals surface area (Å²) >= 11 is 0. The lowest BCUT2D eigenvalue weighted by Gasteiger charge is -2.33. The summed E-state index contributed by atoms with van der Waals surface area (Å²) in [7, 11) is 0. The molecule has 0 saturated carbocycles. The summed E-state index contributed by atoms with van der Waals surface area (Å²) < 4.78 is 24.1. The Balaban J connectivity index is 1.43. The van der Waals surface area contributed by atoms with Crippen LogP contribution in [0, 0.1) is 0 Å². The Morgan fingerprint density at radius 1 is 0.917 bits per heavy atom. The van der Waals surface area contributed by atoms with E-state index in [4.69, 9.17) is 18.9 Å². The van der Waals surface area contributed by atoms with E-state index >= 15 is 0 Å². The highest BCUT2D eigenvalue weighted by Crippen LogP contribution is 2.42. The van der Waals surface area contributed by atoms with Crippen molar-refractivity contribution in [1.82, 2.24) is 0 Å². The molecular weight excluding hydrogens is 304 g/mol. The molecule has 2 fully saturated rings. The van der Waals surface area contributed by atoms with Gasteiger partial charge >= 0.3 is 0 Å². The molecule has 2 aromatic carbocycles. The summed E-state index contributed by atoms with van der Waals surface area (Å²) in [5.41, 5.74) is 2.28. The Labute approximate surface area is 142 Å². The molecule has 4 rings (SSSR count). The molecule has 2 heterocycles. The highest BCUT2D eigenvalue weighted by molar-refractivity contribution is 5.15. The molecule has 4 atom stereocenters. The molecule has 2 aliphatic rings. The Kier molecular flexibility index (Phi) is 4.37. The Hall–Kier alpha value is -1.72. The van der Waals surface area contributed by atoms with Crippen molar-refractivity contribution in [1.29, 1.82) is 0 Å². The summed E-state index contributed by atoms with van der Waals surface area (Å²) in [6.07, 6.45) is -0.424. The van der Waals surface area contributed by atoms with E-state index < -0.39 is 5.79 Å². The van der Waals surface area contributed by atoms with Crippen LogP contribution in [0.4, 0.5) is 0 Å². The SMILES string of the molecule is C[C@@]12OC[C@@H](O1)[C@@H](OCc1ccccc1)[C@@H]2OCc1ccccc1. The zero-order valence-corrected chi connectivity index (χ0v) is 13.8. The number of benzene rings is 2. The standard InChI is InChI=1S/C20H22O4/c1-20-19(22-13-16-10-6-3-7-11-16)18(17(24-20)14-23-20)21-12-15-8-4-2-5-9-15/h2-11,17-19H,12-14H2,1H3/t17-,18-,19+,20-/m1/s1. The second-order valence-corrected chi connectivity index (χ2v) is 6.46. The van der Waals surface area contributed by atoms with Crippen molar-refractivity contribution < 1.29 is 18.9 Å². The van der Waals surface area contributed by atoms with E-state index in [1.807, 2.05) is 43.3 Å². The van der Waals surface area contributed by atoms with Crippen LogP contribution in [0.1, 0.15) is 18.1 Å². The molecule has 0 aromatic heterocycles. The minimum Gasteiger partial charge on any atom is -0.368 e. The van der Waals surface area contributed by atoms with Gasteiger partial charge in [0.15, 0.2) is 5.79 Å². The summed E-state index contributed by atoms with van der Waals surface area (Å²) in [5.74, 6) is -0.721. The van der Waals surface area contributed by atoms with Crippen molar-refractivity contribution >= 4 is 0 Å². The minimum absolute atomic E-state index is 0.0699. The molecule has 4 heteroatoms. The van der Waals surface area contributed by atoms with Gasteiger partial charge in [0, 0.05) is 0 Å². The monoisotopic (exact) mass is 326 g/mol. The van der Waals surface area contributed by atoms with E-state index in [9.17, 15) is 0 Å². The lowest BCUT2D eigenvalue weighted by molar-refractivity contribution is -0.218. The molecule has 0 unspecified atom stereocenters. The van der Waals surface area contributed by atoms with Crippen LogP contribution in [0.5, 0.6) is 0 Å². The van der Waals surface area contributed by atoms with Crippen LogP contribution in [0.3, 0.4) is 0 Å². The molecular formula is C20H22O4. The number of fused-ring (bicyclic) bond motifs is 2. The number of ether oxygens (including phenoxy) is 4. The van der Waals surface area contributed by atoms with Crippen molar-refractivity contribution in [3.8, 4) is 0 Å². The number of hydrogen-bond acceptors (Lipinski definition) is 4. The third-order valence-electron chi connectivity index (χ3n) is 4.66. The molecule has 4 nitrogen and oxygen atoms in total. The van der Waals surface area contributed by atoms with Gasteiger partial charge in [-0.15, -0.1) is 0 Å². The molecule has 2 bridgehead atoms. The van der Waals surface area contributed by atoms with E-state index in [1.54, 1.807) is 0 Å². The van der Waals surface area contributed by atoms with Gasteiger partial charge < -0.3 is 18.9 Å². The third kappa shape index (κ3) is 3.10. The summed E-state index contributed by atoms with van der Waals surface area (Å²) in [5, 5.41) is 0. The molecule has 126 valence electrons. The minimum atomic E-state index is -0.721. The summed E-state index contributed by atoms with van der Waals surface area (Å²) in [6, 6.07) is 20.3. The molecule has 0 aliphatic carbocycles. The molecule has 0 amide bonds. The van der Waals surface area contributed by atoms with Crippen LogP contribution < -0.4 is 0 Å². The van der Waals surface area contributed by atoms with Crippen LogP contribution in [0.25, 0.3) is 0 Å².